The van der Waals surface area contributed by atoms with Crippen LogP contribution in [0.4, 0.5) is 0 Å². The highest BCUT2D eigenvalue weighted by molar-refractivity contribution is 7.18. The highest BCUT2D eigenvalue weighted by Gasteiger charge is 2.15. The maximum atomic E-state index is 9.15. The van der Waals surface area contributed by atoms with E-state index in [0.29, 0.717) is 0 Å². The Hall–Kier alpha value is -0.970. The minimum absolute atomic E-state index is 0.0727. The lowest BCUT2D eigenvalue weighted by molar-refractivity contribution is 0.156. The lowest BCUT2D eigenvalue weighted by atomic mass is 9.95. The Labute approximate surface area is 106 Å². The van der Waals surface area contributed by atoms with Gasteiger partial charge in [0.15, 0.2) is 0 Å². The molecule has 0 amide bonds. The number of aromatic nitrogens is 1. The van der Waals surface area contributed by atoms with Crippen LogP contribution in [0, 0.1) is 5.41 Å². The van der Waals surface area contributed by atoms with E-state index >= 15 is 0 Å². The second kappa shape index (κ2) is 5.12. The largest absolute Gasteiger partial charge is 0.396 e. The Balaban J connectivity index is 1.95. The van der Waals surface area contributed by atoms with Gasteiger partial charge in [0, 0.05) is 25.1 Å². The molecule has 0 atom stereocenters. The second-order valence-electron chi connectivity index (χ2n) is 5.00. The Morgan fingerprint density at radius 1 is 1.35 bits per heavy atom. The number of aliphatic hydroxyl groups is 1. The van der Waals surface area contributed by atoms with Crippen LogP contribution in [-0.2, 0) is 6.54 Å². The van der Waals surface area contributed by atoms with Gasteiger partial charge in [0.25, 0.3) is 0 Å². The molecule has 2 N–H and O–H groups in total. The van der Waals surface area contributed by atoms with E-state index in [4.69, 9.17) is 5.11 Å². The fourth-order valence-electron chi connectivity index (χ4n) is 1.56. The van der Waals surface area contributed by atoms with E-state index in [1.165, 1.54) is 4.70 Å². The van der Waals surface area contributed by atoms with Crippen LogP contribution in [0.15, 0.2) is 24.3 Å². The van der Waals surface area contributed by atoms with Crippen molar-refractivity contribution >= 4 is 21.6 Å². The molecule has 17 heavy (non-hydrogen) atoms. The summed E-state index contributed by atoms with van der Waals surface area (Å²) in [6.45, 7) is 5.83. The molecule has 0 saturated carbocycles. The fourth-order valence-corrected chi connectivity index (χ4v) is 2.50. The molecule has 2 aromatic rings. The number of para-hydroxylation sites is 1. The first-order chi connectivity index (χ1) is 8.11. The quantitative estimate of drug-likeness (QED) is 0.856. The Kier molecular flexibility index (Phi) is 3.76. The summed E-state index contributed by atoms with van der Waals surface area (Å²) in [5, 5.41) is 13.6. The smallest absolute Gasteiger partial charge is 0.108 e. The molecule has 0 spiro atoms. The number of hydrogen-bond donors (Lipinski definition) is 2. The fraction of sp³-hybridized carbons (Fsp3) is 0.462. The molecule has 0 fully saturated rings. The van der Waals surface area contributed by atoms with Gasteiger partial charge in [0.05, 0.1) is 10.2 Å². The Morgan fingerprint density at radius 3 is 2.82 bits per heavy atom. The third-order valence-corrected chi connectivity index (χ3v) is 3.68. The highest BCUT2D eigenvalue weighted by Crippen LogP contribution is 2.21. The third kappa shape index (κ3) is 3.25. The van der Waals surface area contributed by atoms with Gasteiger partial charge in [-0.25, -0.2) is 4.98 Å². The van der Waals surface area contributed by atoms with Gasteiger partial charge in [-0.05, 0) is 12.1 Å². The van der Waals surface area contributed by atoms with Crippen molar-refractivity contribution in [1.29, 1.82) is 0 Å². The predicted octanol–water partition coefficient (Wildman–Crippen LogP) is 2.40. The zero-order valence-electron chi connectivity index (χ0n) is 10.2. The van der Waals surface area contributed by atoms with E-state index < -0.39 is 0 Å². The van der Waals surface area contributed by atoms with Gasteiger partial charge >= 0.3 is 0 Å². The molecule has 1 aromatic carbocycles. The maximum absolute atomic E-state index is 9.15. The van der Waals surface area contributed by atoms with Gasteiger partial charge in [-0.3, -0.25) is 0 Å². The van der Waals surface area contributed by atoms with Crippen LogP contribution in [0.25, 0.3) is 10.2 Å². The zero-order valence-corrected chi connectivity index (χ0v) is 11.0. The molecule has 1 aromatic heterocycles. The summed E-state index contributed by atoms with van der Waals surface area (Å²) in [6, 6.07) is 8.17. The number of rotatable bonds is 5. The number of nitrogens with zero attached hydrogens (tertiary/aromatic N) is 1. The van der Waals surface area contributed by atoms with Crippen LogP contribution >= 0.6 is 11.3 Å². The molecule has 0 unspecified atom stereocenters. The molecule has 0 aliphatic heterocycles. The van der Waals surface area contributed by atoms with Gasteiger partial charge in [-0.2, -0.15) is 0 Å². The zero-order chi connectivity index (χ0) is 12.3. The molecular formula is C13H18N2OS. The molecule has 0 radical (unpaired) electrons. The van der Waals surface area contributed by atoms with E-state index in [1.54, 1.807) is 11.3 Å². The monoisotopic (exact) mass is 250 g/mol. The maximum Gasteiger partial charge on any atom is 0.108 e. The molecule has 0 aliphatic rings. The first-order valence-corrected chi connectivity index (χ1v) is 6.58. The van der Waals surface area contributed by atoms with Crippen LogP contribution in [-0.4, -0.2) is 23.2 Å². The molecule has 0 saturated heterocycles. The number of hydrogen-bond acceptors (Lipinski definition) is 4. The summed E-state index contributed by atoms with van der Waals surface area (Å²) in [5.74, 6) is 0. The number of nitrogens with one attached hydrogen (secondary N) is 1. The van der Waals surface area contributed by atoms with Gasteiger partial charge in [0.1, 0.15) is 5.01 Å². The van der Waals surface area contributed by atoms with Gasteiger partial charge < -0.3 is 10.4 Å². The average Bonchev–Trinajstić information content (AvgIpc) is 2.71. The van der Waals surface area contributed by atoms with E-state index in [1.807, 2.05) is 32.0 Å². The standard InChI is InChI=1S/C13H18N2OS/c1-13(2,9-16)8-14-7-12-15-10-5-3-4-6-11(10)17-12/h3-6,14,16H,7-9H2,1-2H3. The van der Waals surface area contributed by atoms with E-state index in [2.05, 4.69) is 16.4 Å². The van der Waals surface area contributed by atoms with Crippen LogP contribution in [0.1, 0.15) is 18.9 Å². The van der Waals surface area contributed by atoms with E-state index in [-0.39, 0.29) is 12.0 Å². The second-order valence-corrected chi connectivity index (χ2v) is 6.12. The lowest BCUT2D eigenvalue weighted by Crippen LogP contribution is -2.31. The van der Waals surface area contributed by atoms with Gasteiger partial charge in [-0.15, -0.1) is 11.3 Å². The molecule has 92 valence electrons. The normalized spacial score (nSPS) is 12.2. The molecule has 1 heterocycles. The summed E-state index contributed by atoms with van der Waals surface area (Å²) >= 11 is 1.72. The Bertz CT molecular complexity index is 460. The highest BCUT2D eigenvalue weighted by atomic mass is 32.1. The van der Waals surface area contributed by atoms with Crippen LogP contribution in [0.2, 0.25) is 0 Å². The van der Waals surface area contributed by atoms with Crippen molar-refractivity contribution in [3.63, 3.8) is 0 Å². The third-order valence-electron chi connectivity index (χ3n) is 2.65. The van der Waals surface area contributed by atoms with Crippen molar-refractivity contribution < 1.29 is 5.11 Å². The van der Waals surface area contributed by atoms with Crippen molar-refractivity contribution in [3.05, 3.63) is 29.3 Å². The van der Waals surface area contributed by atoms with Crippen LogP contribution < -0.4 is 5.32 Å². The predicted molar refractivity (Wildman–Crippen MR) is 72.2 cm³/mol. The summed E-state index contributed by atoms with van der Waals surface area (Å²) in [5.41, 5.74) is 0.993. The minimum Gasteiger partial charge on any atom is -0.396 e. The van der Waals surface area contributed by atoms with Crippen molar-refractivity contribution in [2.24, 2.45) is 5.41 Å². The first kappa shape index (κ1) is 12.5. The lowest BCUT2D eigenvalue weighted by Gasteiger charge is -2.21. The average molecular weight is 250 g/mol. The van der Waals surface area contributed by atoms with Crippen LogP contribution in [0.5, 0.6) is 0 Å². The van der Waals surface area contributed by atoms with Crippen molar-refractivity contribution in [2.75, 3.05) is 13.2 Å². The minimum atomic E-state index is -0.0727. The number of fused-ring (bicyclic) bond motifs is 1. The Morgan fingerprint density at radius 2 is 2.12 bits per heavy atom. The molecular weight excluding hydrogens is 232 g/mol. The number of aliphatic hydroxyl groups excluding tert-OH is 1. The molecule has 3 nitrogen and oxygen atoms in total. The summed E-state index contributed by atoms with van der Waals surface area (Å²) < 4.78 is 1.23. The summed E-state index contributed by atoms with van der Waals surface area (Å²) in [4.78, 5) is 4.55. The molecule has 4 heteroatoms. The van der Waals surface area contributed by atoms with Gasteiger partial charge in [-0.1, -0.05) is 26.0 Å². The van der Waals surface area contributed by atoms with Crippen molar-refractivity contribution in [3.8, 4) is 0 Å². The molecule has 0 bridgehead atoms. The molecule has 0 aliphatic carbocycles. The first-order valence-electron chi connectivity index (χ1n) is 5.77. The summed E-state index contributed by atoms with van der Waals surface area (Å²) in [6.07, 6.45) is 0. The van der Waals surface area contributed by atoms with Crippen molar-refractivity contribution in [1.82, 2.24) is 10.3 Å². The van der Waals surface area contributed by atoms with Crippen molar-refractivity contribution in [2.45, 2.75) is 20.4 Å². The van der Waals surface area contributed by atoms with Gasteiger partial charge in [0.2, 0.25) is 0 Å². The number of benzene rings is 1. The van der Waals surface area contributed by atoms with E-state index in [9.17, 15) is 0 Å². The van der Waals surface area contributed by atoms with E-state index in [0.717, 1.165) is 23.6 Å². The molecule has 2 rings (SSSR count). The number of thiazole rings is 1. The van der Waals surface area contributed by atoms with Crippen LogP contribution in [0.3, 0.4) is 0 Å². The SMILES string of the molecule is CC(C)(CO)CNCc1nc2ccccc2s1. The topological polar surface area (TPSA) is 45.1 Å². The summed E-state index contributed by atoms with van der Waals surface area (Å²) in [7, 11) is 0.